The Morgan fingerprint density at radius 2 is 2.00 bits per heavy atom. The van der Waals surface area contributed by atoms with Crippen molar-refractivity contribution in [2.24, 2.45) is 0 Å². The first kappa shape index (κ1) is 14.1. The van der Waals surface area contributed by atoms with E-state index in [0.717, 1.165) is 18.4 Å². The molecule has 1 aromatic carbocycles. The van der Waals surface area contributed by atoms with E-state index in [4.69, 9.17) is 14.7 Å². The number of nitrogens with zero attached hydrogens (tertiary/aromatic N) is 2. The maximum atomic E-state index is 12.5. The van der Waals surface area contributed by atoms with Crippen LogP contribution in [0.5, 0.6) is 0 Å². The minimum absolute atomic E-state index is 0.0163. The van der Waals surface area contributed by atoms with Crippen LogP contribution in [0, 0.1) is 11.3 Å². The zero-order valence-corrected chi connectivity index (χ0v) is 11.9. The van der Waals surface area contributed by atoms with Gasteiger partial charge in [0.15, 0.2) is 5.79 Å². The highest BCUT2D eigenvalue weighted by molar-refractivity contribution is 5.94. The van der Waals surface area contributed by atoms with Gasteiger partial charge in [0.1, 0.15) is 0 Å². The first-order valence-electron chi connectivity index (χ1n) is 7.25. The van der Waals surface area contributed by atoms with Gasteiger partial charge < -0.3 is 14.4 Å². The van der Waals surface area contributed by atoms with Crippen molar-refractivity contribution >= 4 is 5.91 Å². The van der Waals surface area contributed by atoms with Gasteiger partial charge in [0, 0.05) is 31.5 Å². The number of hydrogen-bond acceptors (Lipinski definition) is 4. The van der Waals surface area contributed by atoms with Gasteiger partial charge in [0.05, 0.1) is 25.7 Å². The Kier molecular flexibility index (Phi) is 3.91. The summed E-state index contributed by atoms with van der Waals surface area (Å²) in [5, 5.41) is 8.74. The molecule has 110 valence electrons. The highest BCUT2D eigenvalue weighted by Gasteiger charge is 2.40. The summed E-state index contributed by atoms with van der Waals surface area (Å²) in [6.07, 6.45) is 1.76. The number of benzene rings is 1. The van der Waals surface area contributed by atoms with E-state index >= 15 is 0 Å². The predicted octanol–water partition coefficient (Wildman–Crippen LogP) is 1.73. The summed E-state index contributed by atoms with van der Waals surface area (Å²) in [6, 6.07) is 9.40. The summed E-state index contributed by atoms with van der Waals surface area (Å²) in [4.78, 5) is 14.4. The second kappa shape index (κ2) is 5.84. The number of nitriles is 1. The third-order valence-corrected chi connectivity index (χ3v) is 4.08. The molecule has 0 saturated carbocycles. The average Bonchev–Trinajstić information content (AvgIpc) is 2.96. The van der Waals surface area contributed by atoms with Crippen LogP contribution in [0.4, 0.5) is 0 Å². The Bertz CT molecular complexity index is 563. The summed E-state index contributed by atoms with van der Waals surface area (Å²) in [5.41, 5.74) is 1.52. The van der Waals surface area contributed by atoms with Crippen LogP contribution in [-0.4, -0.2) is 42.9 Å². The molecule has 2 aliphatic rings. The topological polar surface area (TPSA) is 62.6 Å². The van der Waals surface area contributed by atoms with Crippen LogP contribution in [0.1, 0.15) is 28.8 Å². The summed E-state index contributed by atoms with van der Waals surface area (Å²) in [5.74, 6) is -0.443. The van der Waals surface area contributed by atoms with Crippen LogP contribution >= 0.6 is 0 Å². The van der Waals surface area contributed by atoms with Gasteiger partial charge in [-0.15, -0.1) is 0 Å². The molecule has 0 bridgehead atoms. The maximum absolute atomic E-state index is 12.5. The van der Waals surface area contributed by atoms with Gasteiger partial charge in [-0.2, -0.15) is 5.26 Å². The van der Waals surface area contributed by atoms with Crippen molar-refractivity contribution in [3.8, 4) is 6.07 Å². The molecule has 1 aromatic rings. The Balaban J connectivity index is 1.66. The predicted molar refractivity (Wildman–Crippen MR) is 75.5 cm³/mol. The van der Waals surface area contributed by atoms with Gasteiger partial charge >= 0.3 is 0 Å². The number of carbonyl (C=O) groups is 1. The highest BCUT2D eigenvalue weighted by Crippen LogP contribution is 2.31. The minimum Gasteiger partial charge on any atom is -0.347 e. The molecule has 5 heteroatoms. The van der Waals surface area contributed by atoms with E-state index in [1.54, 1.807) is 12.1 Å². The van der Waals surface area contributed by atoms with Crippen molar-refractivity contribution in [3.63, 3.8) is 0 Å². The number of piperidine rings is 1. The Morgan fingerprint density at radius 1 is 1.29 bits per heavy atom. The van der Waals surface area contributed by atoms with Crippen molar-refractivity contribution in [2.45, 2.75) is 25.0 Å². The lowest BCUT2D eigenvalue weighted by Gasteiger charge is -2.37. The molecule has 21 heavy (non-hydrogen) atoms. The number of carbonyl (C=O) groups excluding carboxylic acids is 1. The first-order valence-corrected chi connectivity index (χ1v) is 7.25. The van der Waals surface area contributed by atoms with Gasteiger partial charge in [0.25, 0.3) is 5.91 Å². The fourth-order valence-electron chi connectivity index (χ4n) is 2.92. The molecule has 3 rings (SSSR count). The number of amides is 1. The smallest absolute Gasteiger partial charge is 0.253 e. The molecule has 0 N–H and O–H groups in total. The fourth-order valence-corrected chi connectivity index (χ4v) is 2.92. The SMILES string of the molecule is N#CCc1cccc(C(=O)N2CCC3(CC2)OCCO3)c1. The molecule has 5 nitrogen and oxygen atoms in total. The molecular formula is C16H18N2O3. The van der Waals surface area contributed by atoms with Crippen molar-refractivity contribution in [1.82, 2.24) is 4.90 Å². The van der Waals surface area contributed by atoms with Crippen molar-refractivity contribution in [2.75, 3.05) is 26.3 Å². The Hall–Kier alpha value is -1.90. The minimum atomic E-state index is -0.459. The zero-order chi connectivity index (χ0) is 14.7. The average molecular weight is 286 g/mol. The second-order valence-corrected chi connectivity index (χ2v) is 5.44. The van der Waals surface area contributed by atoms with E-state index in [0.29, 0.717) is 38.3 Å². The van der Waals surface area contributed by atoms with E-state index in [1.807, 2.05) is 17.0 Å². The monoisotopic (exact) mass is 286 g/mol. The van der Waals surface area contributed by atoms with Crippen LogP contribution in [0.15, 0.2) is 24.3 Å². The third kappa shape index (κ3) is 2.92. The van der Waals surface area contributed by atoms with E-state index in [-0.39, 0.29) is 5.91 Å². The fraction of sp³-hybridized carbons (Fsp3) is 0.500. The van der Waals surface area contributed by atoms with E-state index in [1.165, 1.54) is 0 Å². The van der Waals surface area contributed by atoms with Crippen molar-refractivity contribution in [1.29, 1.82) is 5.26 Å². The molecule has 2 aliphatic heterocycles. The Morgan fingerprint density at radius 3 is 2.67 bits per heavy atom. The molecule has 0 atom stereocenters. The van der Waals surface area contributed by atoms with Crippen LogP contribution in [0.2, 0.25) is 0 Å². The quantitative estimate of drug-likeness (QED) is 0.830. The van der Waals surface area contributed by atoms with Gasteiger partial charge in [-0.05, 0) is 17.7 Å². The van der Waals surface area contributed by atoms with Crippen LogP contribution in [0.25, 0.3) is 0 Å². The van der Waals surface area contributed by atoms with Crippen molar-refractivity contribution < 1.29 is 14.3 Å². The van der Waals surface area contributed by atoms with E-state index in [9.17, 15) is 4.79 Å². The zero-order valence-electron chi connectivity index (χ0n) is 11.9. The molecule has 1 amide bonds. The number of hydrogen-bond donors (Lipinski definition) is 0. The summed E-state index contributed by atoms with van der Waals surface area (Å²) >= 11 is 0. The molecule has 0 aromatic heterocycles. The highest BCUT2D eigenvalue weighted by atomic mass is 16.7. The third-order valence-electron chi connectivity index (χ3n) is 4.08. The largest absolute Gasteiger partial charge is 0.347 e. The number of ether oxygens (including phenoxy) is 2. The summed E-state index contributed by atoms with van der Waals surface area (Å²) in [7, 11) is 0. The lowest BCUT2D eigenvalue weighted by molar-refractivity contribution is -0.181. The number of rotatable bonds is 2. The molecule has 0 aliphatic carbocycles. The lowest BCUT2D eigenvalue weighted by Crippen LogP contribution is -2.47. The molecule has 0 unspecified atom stereocenters. The first-order chi connectivity index (χ1) is 10.2. The summed E-state index contributed by atoms with van der Waals surface area (Å²) in [6.45, 7) is 2.57. The molecule has 2 fully saturated rings. The molecule has 2 heterocycles. The van der Waals surface area contributed by atoms with Crippen LogP contribution < -0.4 is 0 Å². The molecule has 2 saturated heterocycles. The Labute approximate surface area is 124 Å². The standard InChI is InChI=1S/C16H18N2O3/c17-7-4-13-2-1-3-14(12-13)15(19)18-8-5-16(6-9-18)20-10-11-21-16/h1-3,12H,4-6,8-11H2. The molecular weight excluding hydrogens is 268 g/mol. The van der Waals surface area contributed by atoms with Gasteiger partial charge in [-0.1, -0.05) is 12.1 Å². The number of likely N-dealkylation sites (tertiary alicyclic amines) is 1. The lowest BCUT2D eigenvalue weighted by atomic mass is 10.0. The van der Waals surface area contributed by atoms with E-state index in [2.05, 4.69) is 6.07 Å². The second-order valence-electron chi connectivity index (χ2n) is 5.44. The molecule has 1 spiro atoms. The summed E-state index contributed by atoms with van der Waals surface area (Å²) < 4.78 is 11.3. The van der Waals surface area contributed by atoms with E-state index < -0.39 is 5.79 Å². The van der Waals surface area contributed by atoms with Crippen LogP contribution in [-0.2, 0) is 15.9 Å². The molecule has 0 radical (unpaired) electrons. The van der Waals surface area contributed by atoms with Crippen molar-refractivity contribution in [3.05, 3.63) is 35.4 Å². The van der Waals surface area contributed by atoms with Crippen LogP contribution in [0.3, 0.4) is 0 Å². The normalized spacial score (nSPS) is 20.4. The van der Waals surface area contributed by atoms with Gasteiger partial charge in [-0.3, -0.25) is 4.79 Å². The van der Waals surface area contributed by atoms with Gasteiger partial charge in [-0.25, -0.2) is 0 Å². The van der Waals surface area contributed by atoms with Gasteiger partial charge in [0.2, 0.25) is 0 Å². The maximum Gasteiger partial charge on any atom is 0.253 e.